The molecule has 0 saturated carbocycles. The van der Waals surface area contributed by atoms with Gasteiger partial charge in [-0.15, -0.1) is 0 Å². The van der Waals surface area contributed by atoms with E-state index in [2.05, 4.69) is 22.8 Å². The zero-order valence-corrected chi connectivity index (χ0v) is 17.0. The molecule has 27 heavy (non-hydrogen) atoms. The maximum atomic E-state index is 12.2. The molecule has 150 valence electrons. The Hall–Kier alpha value is -1.96. The van der Waals surface area contributed by atoms with Gasteiger partial charge in [-0.3, -0.25) is 9.59 Å². The van der Waals surface area contributed by atoms with Gasteiger partial charge in [0.05, 0.1) is 20.3 Å². The second kappa shape index (κ2) is 9.82. The standard InChI is InChI=1S/C20H32N4O3/c1-20(2,3)22-19(26)15-23(4)14-18(25)21-17-7-5-16(6-8-17)13-24-9-11-27-12-10-24/h5-8H,9-15H2,1-4H3,(H,21,25)(H,22,26)/p+2. The van der Waals surface area contributed by atoms with Crippen LogP contribution in [0.2, 0.25) is 0 Å². The van der Waals surface area contributed by atoms with E-state index in [4.69, 9.17) is 4.74 Å². The van der Waals surface area contributed by atoms with E-state index in [9.17, 15) is 9.59 Å². The molecule has 1 aliphatic rings. The lowest BCUT2D eigenvalue weighted by Crippen LogP contribution is -3.12. The predicted octanol–water partition coefficient (Wildman–Crippen LogP) is -1.53. The summed E-state index contributed by atoms with van der Waals surface area (Å²) in [6.45, 7) is 11.1. The number of rotatable bonds is 7. The molecule has 0 bridgehead atoms. The van der Waals surface area contributed by atoms with Crippen molar-refractivity contribution in [3.8, 4) is 0 Å². The number of amides is 2. The molecule has 1 saturated heterocycles. The van der Waals surface area contributed by atoms with Gasteiger partial charge >= 0.3 is 0 Å². The number of benzene rings is 1. The number of hydrogen-bond donors (Lipinski definition) is 4. The molecule has 7 heteroatoms. The van der Waals surface area contributed by atoms with Crippen LogP contribution in [-0.4, -0.2) is 63.8 Å². The van der Waals surface area contributed by atoms with E-state index < -0.39 is 0 Å². The second-order valence-corrected chi connectivity index (χ2v) is 8.39. The van der Waals surface area contributed by atoms with E-state index >= 15 is 0 Å². The molecule has 7 nitrogen and oxygen atoms in total. The Labute approximate surface area is 162 Å². The van der Waals surface area contributed by atoms with Crippen LogP contribution in [0.5, 0.6) is 0 Å². The maximum absolute atomic E-state index is 12.2. The normalized spacial score (nSPS) is 16.6. The van der Waals surface area contributed by atoms with Crippen LogP contribution in [0.15, 0.2) is 24.3 Å². The number of hydrogen-bond acceptors (Lipinski definition) is 3. The van der Waals surface area contributed by atoms with Crippen molar-refractivity contribution in [2.45, 2.75) is 32.9 Å². The first-order valence-electron chi connectivity index (χ1n) is 9.64. The highest BCUT2D eigenvalue weighted by atomic mass is 16.5. The summed E-state index contributed by atoms with van der Waals surface area (Å²) in [5.74, 6) is -0.148. The average Bonchev–Trinajstić information content (AvgIpc) is 2.55. The molecule has 0 radical (unpaired) electrons. The van der Waals surface area contributed by atoms with E-state index in [1.807, 2.05) is 40.0 Å². The minimum atomic E-state index is -0.260. The van der Waals surface area contributed by atoms with Gasteiger partial charge in [-0.2, -0.15) is 0 Å². The summed E-state index contributed by atoms with van der Waals surface area (Å²) < 4.78 is 5.38. The van der Waals surface area contributed by atoms with Crippen LogP contribution in [0.4, 0.5) is 5.69 Å². The lowest BCUT2D eigenvalue weighted by molar-refractivity contribution is -0.921. The molecule has 1 aromatic rings. The van der Waals surface area contributed by atoms with E-state index in [-0.39, 0.29) is 30.4 Å². The molecule has 1 atom stereocenters. The first-order chi connectivity index (χ1) is 12.7. The van der Waals surface area contributed by atoms with E-state index in [1.54, 1.807) is 0 Å². The van der Waals surface area contributed by atoms with Gasteiger partial charge in [0.15, 0.2) is 13.1 Å². The molecule has 1 aliphatic heterocycles. The van der Waals surface area contributed by atoms with Gasteiger partial charge in [0.1, 0.15) is 19.6 Å². The fourth-order valence-electron chi connectivity index (χ4n) is 3.11. The quantitative estimate of drug-likeness (QED) is 0.465. The number of anilines is 1. The van der Waals surface area contributed by atoms with Crippen molar-refractivity contribution < 1.29 is 24.1 Å². The first-order valence-corrected chi connectivity index (χ1v) is 9.64. The average molecular weight is 379 g/mol. The van der Waals surface area contributed by atoms with Gasteiger partial charge in [-0.1, -0.05) is 12.1 Å². The topological polar surface area (TPSA) is 76.3 Å². The molecule has 1 fully saturated rings. The van der Waals surface area contributed by atoms with E-state index in [0.29, 0.717) is 0 Å². The molecule has 1 unspecified atom stereocenters. The Bertz CT molecular complexity index is 619. The van der Waals surface area contributed by atoms with Crippen molar-refractivity contribution in [2.75, 3.05) is 51.8 Å². The number of carbonyl (C=O) groups is 2. The molecule has 0 aliphatic carbocycles. The number of quaternary nitrogens is 2. The summed E-state index contributed by atoms with van der Waals surface area (Å²) in [6.07, 6.45) is 0. The van der Waals surface area contributed by atoms with Crippen molar-refractivity contribution in [2.24, 2.45) is 0 Å². The second-order valence-electron chi connectivity index (χ2n) is 8.39. The van der Waals surface area contributed by atoms with Crippen molar-refractivity contribution in [1.29, 1.82) is 0 Å². The molecule has 2 rings (SSSR count). The molecule has 0 aromatic heterocycles. The van der Waals surface area contributed by atoms with Crippen LogP contribution in [0.25, 0.3) is 0 Å². The zero-order chi connectivity index (χ0) is 19.9. The van der Waals surface area contributed by atoms with Gasteiger partial charge in [0.25, 0.3) is 11.8 Å². The minimum absolute atomic E-state index is 0.0530. The Morgan fingerprint density at radius 1 is 1.07 bits per heavy atom. The zero-order valence-electron chi connectivity index (χ0n) is 17.0. The number of likely N-dealkylation sites (N-methyl/N-ethyl adjacent to an activating group) is 1. The fourth-order valence-corrected chi connectivity index (χ4v) is 3.11. The van der Waals surface area contributed by atoms with Gasteiger partial charge in [-0.05, 0) is 32.9 Å². The lowest BCUT2D eigenvalue weighted by Gasteiger charge is -2.23. The number of ether oxygens (including phenoxy) is 1. The molecule has 1 aromatic carbocycles. The van der Waals surface area contributed by atoms with Crippen LogP contribution >= 0.6 is 0 Å². The molecular formula is C20H34N4O3+2. The monoisotopic (exact) mass is 378 g/mol. The first kappa shape index (κ1) is 21.3. The van der Waals surface area contributed by atoms with Gasteiger partial charge < -0.3 is 25.2 Å². The van der Waals surface area contributed by atoms with Gasteiger partial charge in [-0.25, -0.2) is 0 Å². The molecular weight excluding hydrogens is 344 g/mol. The summed E-state index contributed by atoms with van der Waals surface area (Å²) >= 11 is 0. The number of morpholine rings is 1. The summed E-state index contributed by atoms with van der Waals surface area (Å²) in [5.41, 5.74) is 1.78. The summed E-state index contributed by atoms with van der Waals surface area (Å²) in [7, 11) is 1.84. The van der Waals surface area contributed by atoms with E-state index in [1.165, 1.54) is 10.5 Å². The highest BCUT2D eigenvalue weighted by Crippen LogP contribution is 2.08. The SMILES string of the molecule is C[NH+](CC(=O)Nc1ccc(C[NH+]2CCOCC2)cc1)CC(=O)NC(C)(C)C. The van der Waals surface area contributed by atoms with Crippen molar-refractivity contribution in [1.82, 2.24) is 5.32 Å². The smallest absolute Gasteiger partial charge is 0.279 e. The third-order valence-electron chi connectivity index (χ3n) is 4.33. The Morgan fingerprint density at radius 3 is 2.26 bits per heavy atom. The largest absolute Gasteiger partial charge is 0.370 e. The Morgan fingerprint density at radius 2 is 1.67 bits per heavy atom. The predicted molar refractivity (Wildman–Crippen MR) is 105 cm³/mol. The molecule has 0 spiro atoms. The third kappa shape index (κ3) is 8.51. The number of nitrogens with one attached hydrogen (secondary N) is 4. The van der Waals surface area contributed by atoms with Crippen molar-refractivity contribution in [3.63, 3.8) is 0 Å². The van der Waals surface area contributed by atoms with Crippen LogP contribution in [0, 0.1) is 0 Å². The maximum Gasteiger partial charge on any atom is 0.279 e. The van der Waals surface area contributed by atoms with Gasteiger partial charge in [0.2, 0.25) is 0 Å². The summed E-state index contributed by atoms with van der Waals surface area (Å²) in [6, 6.07) is 8.00. The minimum Gasteiger partial charge on any atom is -0.370 e. The Kier molecular flexibility index (Phi) is 7.77. The van der Waals surface area contributed by atoms with Crippen LogP contribution in [0.3, 0.4) is 0 Å². The number of carbonyl (C=O) groups excluding carboxylic acids is 2. The highest BCUT2D eigenvalue weighted by Gasteiger charge is 2.19. The van der Waals surface area contributed by atoms with Gasteiger partial charge in [0, 0.05) is 16.8 Å². The molecule has 2 amide bonds. The van der Waals surface area contributed by atoms with Crippen LogP contribution < -0.4 is 20.4 Å². The Balaban J connectivity index is 1.75. The summed E-state index contributed by atoms with van der Waals surface area (Å²) in [5, 5.41) is 5.82. The lowest BCUT2D eigenvalue weighted by atomic mass is 10.1. The van der Waals surface area contributed by atoms with Crippen LogP contribution in [0.1, 0.15) is 26.3 Å². The summed E-state index contributed by atoms with van der Waals surface area (Å²) in [4.78, 5) is 26.5. The van der Waals surface area contributed by atoms with E-state index in [0.717, 1.165) is 43.4 Å². The highest BCUT2D eigenvalue weighted by molar-refractivity contribution is 5.91. The van der Waals surface area contributed by atoms with Crippen molar-refractivity contribution in [3.05, 3.63) is 29.8 Å². The van der Waals surface area contributed by atoms with Crippen LogP contribution in [-0.2, 0) is 20.9 Å². The van der Waals surface area contributed by atoms with Crippen molar-refractivity contribution >= 4 is 17.5 Å². The fraction of sp³-hybridized carbons (Fsp3) is 0.600. The third-order valence-corrected chi connectivity index (χ3v) is 4.33. The molecule has 4 N–H and O–H groups in total. The molecule has 1 heterocycles.